The summed E-state index contributed by atoms with van der Waals surface area (Å²) in [6.07, 6.45) is 4.00. The van der Waals surface area contributed by atoms with Crippen molar-refractivity contribution < 1.29 is 4.74 Å². The molecular formula is C12H21N3O. The molecule has 1 rings (SSSR count). The Morgan fingerprint density at radius 2 is 1.94 bits per heavy atom. The van der Waals surface area contributed by atoms with Gasteiger partial charge >= 0.3 is 0 Å². The molecule has 90 valence electrons. The number of hydrogen-bond acceptors (Lipinski definition) is 4. The minimum atomic E-state index is 0.532. The van der Waals surface area contributed by atoms with E-state index < -0.39 is 0 Å². The maximum absolute atomic E-state index is 5.82. The van der Waals surface area contributed by atoms with Crippen LogP contribution in [-0.2, 0) is 6.42 Å². The summed E-state index contributed by atoms with van der Waals surface area (Å²) in [5.74, 6) is 1.95. The molecule has 0 saturated carbocycles. The van der Waals surface area contributed by atoms with Crippen LogP contribution in [0.3, 0.4) is 0 Å². The first-order chi connectivity index (χ1) is 7.69. The van der Waals surface area contributed by atoms with Crippen LogP contribution in [-0.4, -0.2) is 16.6 Å². The number of anilines is 1. The fourth-order valence-corrected chi connectivity index (χ4v) is 1.35. The first-order valence-corrected chi connectivity index (χ1v) is 5.94. The molecule has 0 aromatic carbocycles. The average molecular weight is 223 g/mol. The fourth-order valence-electron chi connectivity index (χ4n) is 1.35. The van der Waals surface area contributed by atoms with Gasteiger partial charge in [-0.05, 0) is 19.8 Å². The first kappa shape index (κ1) is 12.7. The maximum Gasteiger partial charge on any atom is 0.221 e. The van der Waals surface area contributed by atoms with E-state index in [0.29, 0.717) is 18.3 Å². The zero-order valence-corrected chi connectivity index (χ0v) is 10.4. The summed E-state index contributed by atoms with van der Waals surface area (Å²) in [6, 6.07) is 0. The van der Waals surface area contributed by atoms with E-state index in [0.717, 1.165) is 37.1 Å². The zero-order chi connectivity index (χ0) is 12.0. The third-order valence-corrected chi connectivity index (χ3v) is 2.40. The van der Waals surface area contributed by atoms with Crippen LogP contribution in [0.2, 0.25) is 0 Å². The number of nitrogens with two attached hydrogens (primary N) is 1. The highest BCUT2D eigenvalue weighted by atomic mass is 16.5. The molecule has 4 heteroatoms. The van der Waals surface area contributed by atoms with Crippen molar-refractivity contribution in [2.45, 2.75) is 46.5 Å². The lowest BCUT2D eigenvalue weighted by molar-refractivity contribution is 0.294. The van der Waals surface area contributed by atoms with E-state index in [1.54, 1.807) is 0 Å². The highest BCUT2D eigenvalue weighted by Gasteiger charge is 2.09. The Labute approximate surface area is 97.2 Å². The van der Waals surface area contributed by atoms with Gasteiger partial charge in [-0.2, -0.15) is 4.98 Å². The third kappa shape index (κ3) is 3.36. The number of nitrogens with zero attached hydrogens (tertiary/aromatic N) is 2. The molecule has 2 N–H and O–H groups in total. The van der Waals surface area contributed by atoms with Gasteiger partial charge in [-0.1, -0.05) is 20.3 Å². The van der Waals surface area contributed by atoms with Crippen LogP contribution >= 0.6 is 0 Å². The zero-order valence-electron chi connectivity index (χ0n) is 10.4. The molecule has 0 radical (unpaired) electrons. The van der Waals surface area contributed by atoms with Gasteiger partial charge in [0.1, 0.15) is 11.6 Å². The molecule has 16 heavy (non-hydrogen) atoms. The molecule has 0 amide bonds. The Kier molecular flexibility index (Phi) is 5.02. The molecule has 1 aromatic heterocycles. The number of aryl methyl sites for hydroxylation is 1. The Bertz CT molecular complexity index is 339. The number of unbranched alkanes of at least 4 members (excludes halogenated alkanes) is 1. The molecule has 0 aliphatic heterocycles. The van der Waals surface area contributed by atoms with Crippen molar-refractivity contribution >= 4 is 5.82 Å². The highest BCUT2D eigenvalue weighted by Crippen LogP contribution is 2.20. The molecule has 0 fully saturated rings. The molecule has 0 atom stereocenters. The second-order valence-electron chi connectivity index (χ2n) is 3.91. The van der Waals surface area contributed by atoms with E-state index in [-0.39, 0.29) is 0 Å². The maximum atomic E-state index is 5.82. The molecule has 0 unspecified atom stereocenters. The predicted octanol–water partition coefficient (Wildman–Crippen LogP) is 2.50. The van der Waals surface area contributed by atoms with Crippen molar-refractivity contribution in [3.05, 3.63) is 11.4 Å². The van der Waals surface area contributed by atoms with E-state index in [4.69, 9.17) is 10.5 Å². The van der Waals surface area contributed by atoms with E-state index in [1.165, 1.54) is 0 Å². The number of aromatic nitrogens is 2. The fraction of sp³-hybridized carbons (Fsp3) is 0.667. The van der Waals surface area contributed by atoms with E-state index >= 15 is 0 Å². The van der Waals surface area contributed by atoms with Crippen molar-refractivity contribution in [1.29, 1.82) is 0 Å². The SMILES string of the molecule is CCCCOc1nc(CCC)nc(N)c1C. The summed E-state index contributed by atoms with van der Waals surface area (Å²) in [5, 5.41) is 0. The summed E-state index contributed by atoms with van der Waals surface area (Å²) < 4.78 is 5.61. The molecule has 0 spiro atoms. The van der Waals surface area contributed by atoms with Gasteiger partial charge in [-0.25, -0.2) is 4.98 Å². The lowest BCUT2D eigenvalue weighted by Gasteiger charge is -2.10. The standard InChI is InChI=1S/C12H21N3O/c1-4-6-8-16-12-9(3)11(13)14-10(15-12)7-5-2/h4-8H2,1-3H3,(H2,13,14,15). The summed E-state index contributed by atoms with van der Waals surface area (Å²) >= 11 is 0. The van der Waals surface area contributed by atoms with Crippen molar-refractivity contribution in [3.8, 4) is 5.88 Å². The monoisotopic (exact) mass is 223 g/mol. The highest BCUT2D eigenvalue weighted by molar-refractivity contribution is 5.44. The minimum absolute atomic E-state index is 0.532. The van der Waals surface area contributed by atoms with Crippen molar-refractivity contribution in [2.24, 2.45) is 0 Å². The molecule has 1 aromatic rings. The Morgan fingerprint density at radius 3 is 2.56 bits per heavy atom. The first-order valence-electron chi connectivity index (χ1n) is 5.94. The van der Waals surface area contributed by atoms with Gasteiger partial charge in [0.15, 0.2) is 0 Å². The second-order valence-corrected chi connectivity index (χ2v) is 3.91. The van der Waals surface area contributed by atoms with Crippen LogP contribution in [0, 0.1) is 6.92 Å². The van der Waals surface area contributed by atoms with Crippen LogP contribution in [0.4, 0.5) is 5.82 Å². The van der Waals surface area contributed by atoms with E-state index in [2.05, 4.69) is 23.8 Å². The number of ether oxygens (including phenoxy) is 1. The van der Waals surface area contributed by atoms with Gasteiger partial charge in [0.2, 0.25) is 5.88 Å². The summed E-state index contributed by atoms with van der Waals surface area (Å²) in [4.78, 5) is 8.62. The molecule has 0 aliphatic carbocycles. The summed E-state index contributed by atoms with van der Waals surface area (Å²) in [6.45, 7) is 6.82. The van der Waals surface area contributed by atoms with Gasteiger partial charge in [0.25, 0.3) is 0 Å². The Balaban J connectivity index is 2.79. The van der Waals surface area contributed by atoms with Crippen molar-refractivity contribution in [1.82, 2.24) is 9.97 Å². The number of nitrogen functional groups attached to an aromatic ring is 1. The smallest absolute Gasteiger partial charge is 0.221 e. The van der Waals surface area contributed by atoms with Crippen LogP contribution in [0.5, 0.6) is 5.88 Å². The number of hydrogen-bond donors (Lipinski definition) is 1. The van der Waals surface area contributed by atoms with Gasteiger partial charge in [0, 0.05) is 6.42 Å². The van der Waals surface area contributed by atoms with Crippen molar-refractivity contribution in [3.63, 3.8) is 0 Å². The lowest BCUT2D eigenvalue weighted by atomic mass is 10.3. The second kappa shape index (κ2) is 6.30. The average Bonchev–Trinajstić information content (AvgIpc) is 2.25. The summed E-state index contributed by atoms with van der Waals surface area (Å²) in [5.41, 5.74) is 6.67. The van der Waals surface area contributed by atoms with Gasteiger partial charge < -0.3 is 10.5 Å². The lowest BCUT2D eigenvalue weighted by Crippen LogP contribution is -2.07. The van der Waals surface area contributed by atoms with Crippen LogP contribution < -0.4 is 10.5 Å². The molecule has 1 heterocycles. The van der Waals surface area contributed by atoms with Crippen molar-refractivity contribution in [2.75, 3.05) is 12.3 Å². The normalized spacial score (nSPS) is 10.4. The van der Waals surface area contributed by atoms with E-state index in [9.17, 15) is 0 Å². The minimum Gasteiger partial charge on any atom is -0.477 e. The molecule has 0 bridgehead atoms. The van der Waals surface area contributed by atoms with Gasteiger partial charge in [0.05, 0.1) is 12.2 Å². The topological polar surface area (TPSA) is 61.0 Å². The Morgan fingerprint density at radius 1 is 1.19 bits per heavy atom. The number of rotatable bonds is 6. The van der Waals surface area contributed by atoms with Gasteiger partial charge in [-0.15, -0.1) is 0 Å². The van der Waals surface area contributed by atoms with Crippen LogP contribution in [0.15, 0.2) is 0 Å². The largest absolute Gasteiger partial charge is 0.477 e. The Hall–Kier alpha value is -1.32. The quantitative estimate of drug-likeness (QED) is 0.753. The molecule has 4 nitrogen and oxygen atoms in total. The third-order valence-electron chi connectivity index (χ3n) is 2.40. The van der Waals surface area contributed by atoms with Crippen LogP contribution in [0.1, 0.15) is 44.5 Å². The molecule has 0 aliphatic rings. The van der Waals surface area contributed by atoms with Crippen LogP contribution in [0.25, 0.3) is 0 Å². The van der Waals surface area contributed by atoms with Gasteiger partial charge in [-0.3, -0.25) is 0 Å². The molecular weight excluding hydrogens is 202 g/mol. The molecule has 0 saturated heterocycles. The predicted molar refractivity (Wildman–Crippen MR) is 65.6 cm³/mol. The summed E-state index contributed by atoms with van der Waals surface area (Å²) in [7, 11) is 0. The van der Waals surface area contributed by atoms with E-state index in [1.807, 2.05) is 6.92 Å².